The quantitative estimate of drug-likeness (QED) is 0.232. The normalized spacial score (nSPS) is 10.6. The highest BCUT2D eigenvalue weighted by molar-refractivity contribution is 6.42. The second-order valence-corrected chi connectivity index (χ2v) is 4.48. The standard InChI is InChI=1S/C10H6Cl2N4O5/c11-1-3-4(2(12)8(18)7(1)17)15-6(10(20)21)5(14-3)9(19)16-13/h17-18H,13H2,(H,16,19)(H,20,21). The Morgan fingerprint density at radius 2 is 1.43 bits per heavy atom. The first kappa shape index (κ1) is 15.0. The van der Waals surface area contributed by atoms with Gasteiger partial charge in [-0.2, -0.15) is 0 Å². The topological polar surface area (TPSA) is 159 Å². The molecule has 21 heavy (non-hydrogen) atoms. The fourth-order valence-electron chi connectivity index (χ4n) is 1.55. The minimum atomic E-state index is -1.57. The SMILES string of the molecule is NNC(=O)c1nc2c(Cl)c(O)c(O)c(Cl)c2nc1C(=O)O. The smallest absolute Gasteiger partial charge is 0.357 e. The number of rotatable bonds is 2. The van der Waals surface area contributed by atoms with Crippen molar-refractivity contribution in [2.45, 2.75) is 0 Å². The van der Waals surface area contributed by atoms with Crippen LogP contribution in [0.5, 0.6) is 11.5 Å². The molecule has 0 unspecified atom stereocenters. The molecule has 0 aliphatic heterocycles. The van der Waals surface area contributed by atoms with Crippen LogP contribution in [0, 0.1) is 0 Å². The highest BCUT2D eigenvalue weighted by Gasteiger charge is 2.26. The highest BCUT2D eigenvalue weighted by Crippen LogP contribution is 2.44. The number of fused-ring (bicyclic) bond motifs is 1. The van der Waals surface area contributed by atoms with E-state index in [0.29, 0.717) is 0 Å². The second kappa shape index (κ2) is 5.20. The Kier molecular flexibility index (Phi) is 3.73. The van der Waals surface area contributed by atoms with E-state index in [1.807, 2.05) is 0 Å². The number of aromatic carboxylic acids is 1. The van der Waals surface area contributed by atoms with Crippen molar-refractivity contribution in [3.8, 4) is 11.5 Å². The molecule has 0 saturated carbocycles. The number of phenolic OH excluding ortho intramolecular Hbond substituents is 2. The van der Waals surface area contributed by atoms with Crippen molar-refractivity contribution >= 4 is 46.1 Å². The van der Waals surface area contributed by atoms with Crippen LogP contribution in [0.1, 0.15) is 21.0 Å². The van der Waals surface area contributed by atoms with Gasteiger partial charge < -0.3 is 15.3 Å². The molecule has 0 aliphatic rings. The zero-order chi connectivity index (χ0) is 15.9. The summed E-state index contributed by atoms with van der Waals surface area (Å²) < 4.78 is 0. The van der Waals surface area contributed by atoms with E-state index in [9.17, 15) is 19.8 Å². The van der Waals surface area contributed by atoms with Gasteiger partial charge in [0.05, 0.1) is 0 Å². The van der Waals surface area contributed by atoms with Gasteiger partial charge in [-0.15, -0.1) is 0 Å². The van der Waals surface area contributed by atoms with E-state index in [-0.39, 0.29) is 11.0 Å². The molecule has 0 spiro atoms. The van der Waals surface area contributed by atoms with Crippen LogP contribution in [0.2, 0.25) is 10.0 Å². The van der Waals surface area contributed by atoms with Crippen LogP contribution in [0.25, 0.3) is 11.0 Å². The van der Waals surface area contributed by atoms with Crippen molar-refractivity contribution in [1.82, 2.24) is 15.4 Å². The van der Waals surface area contributed by atoms with Crippen LogP contribution in [0.3, 0.4) is 0 Å². The van der Waals surface area contributed by atoms with E-state index < -0.39 is 44.8 Å². The Bertz CT molecular complexity index is 795. The van der Waals surface area contributed by atoms with Gasteiger partial charge in [0, 0.05) is 0 Å². The van der Waals surface area contributed by atoms with E-state index in [1.54, 1.807) is 5.43 Å². The molecule has 0 saturated heterocycles. The number of carboxylic acid groups (broad SMARTS) is 1. The molecule has 2 aromatic rings. The lowest BCUT2D eigenvalue weighted by Crippen LogP contribution is -2.32. The average molecular weight is 333 g/mol. The highest BCUT2D eigenvalue weighted by atomic mass is 35.5. The van der Waals surface area contributed by atoms with E-state index in [0.717, 1.165) is 0 Å². The molecule has 11 heteroatoms. The van der Waals surface area contributed by atoms with E-state index in [4.69, 9.17) is 34.2 Å². The Balaban J connectivity index is 2.98. The molecule has 0 aliphatic carbocycles. The molecule has 1 aromatic heterocycles. The van der Waals surface area contributed by atoms with Crippen molar-refractivity contribution in [3.05, 3.63) is 21.4 Å². The number of nitrogens with two attached hydrogens (primary N) is 1. The molecule has 9 nitrogen and oxygen atoms in total. The van der Waals surface area contributed by atoms with Crippen molar-refractivity contribution < 1.29 is 24.9 Å². The fourth-order valence-corrected chi connectivity index (χ4v) is 1.99. The first-order valence-corrected chi connectivity index (χ1v) is 5.90. The molecule has 0 radical (unpaired) electrons. The first-order chi connectivity index (χ1) is 9.79. The summed E-state index contributed by atoms with van der Waals surface area (Å²) in [4.78, 5) is 30.0. The van der Waals surface area contributed by atoms with Gasteiger partial charge in [-0.05, 0) is 0 Å². The summed E-state index contributed by atoms with van der Waals surface area (Å²) in [6.07, 6.45) is 0. The lowest BCUT2D eigenvalue weighted by Gasteiger charge is -2.10. The molecule has 0 bridgehead atoms. The van der Waals surface area contributed by atoms with Gasteiger partial charge in [-0.25, -0.2) is 20.6 Å². The molecule has 6 N–H and O–H groups in total. The number of hydrazine groups is 1. The average Bonchev–Trinajstić information content (AvgIpc) is 2.48. The van der Waals surface area contributed by atoms with Crippen molar-refractivity contribution in [3.63, 3.8) is 0 Å². The minimum Gasteiger partial charge on any atom is -0.503 e. The first-order valence-electron chi connectivity index (χ1n) is 5.14. The predicted octanol–water partition coefficient (Wildman–Crippen LogP) is 0.649. The number of nitrogen functional groups attached to an aromatic ring is 1. The zero-order valence-corrected chi connectivity index (χ0v) is 11.4. The van der Waals surface area contributed by atoms with E-state index in [1.165, 1.54) is 0 Å². The van der Waals surface area contributed by atoms with Gasteiger partial charge in [-0.1, -0.05) is 23.2 Å². The van der Waals surface area contributed by atoms with Crippen LogP contribution in [0.15, 0.2) is 0 Å². The zero-order valence-electron chi connectivity index (χ0n) is 9.89. The predicted molar refractivity (Wildman–Crippen MR) is 71.5 cm³/mol. The number of nitrogens with one attached hydrogen (secondary N) is 1. The number of aromatic nitrogens is 2. The number of nitrogens with zero attached hydrogens (tertiary/aromatic N) is 2. The van der Waals surface area contributed by atoms with Gasteiger partial charge in [0.2, 0.25) is 0 Å². The monoisotopic (exact) mass is 332 g/mol. The van der Waals surface area contributed by atoms with Crippen molar-refractivity contribution in [1.29, 1.82) is 0 Å². The van der Waals surface area contributed by atoms with Gasteiger partial charge in [0.15, 0.2) is 22.9 Å². The Morgan fingerprint density at radius 1 is 1.00 bits per heavy atom. The number of carboxylic acids is 1. The third-order valence-corrected chi connectivity index (χ3v) is 3.22. The van der Waals surface area contributed by atoms with Crippen molar-refractivity contribution in [2.75, 3.05) is 0 Å². The number of aromatic hydroxyl groups is 2. The Morgan fingerprint density at radius 3 is 1.81 bits per heavy atom. The molecule has 1 amide bonds. The number of phenols is 2. The number of hydrogen-bond donors (Lipinski definition) is 5. The summed E-state index contributed by atoms with van der Waals surface area (Å²) in [6, 6.07) is 0. The summed E-state index contributed by atoms with van der Waals surface area (Å²) in [6.45, 7) is 0. The maximum absolute atomic E-state index is 11.5. The van der Waals surface area contributed by atoms with Gasteiger partial charge >= 0.3 is 5.97 Å². The van der Waals surface area contributed by atoms with E-state index in [2.05, 4.69) is 9.97 Å². The molecule has 0 fully saturated rings. The number of carbonyl (C=O) groups is 2. The number of amides is 1. The summed E-state index contributed by atoms with van der Waals surface area (Å²) in [5, 5.41) is 27.3. The molecule has 110 valence electrons. The van der Waals surface area contributed by atoms with Crippen molar-refractivity contribution in [2.24, 2.45) is 5.84 Å². The fraction of sp³-hybridized carbons (Fsp3) is 0. The number of hydrogen-bond acceptors (Lipinski definition) is 7. The summed E-state index contributed by atoms with van der Waals surface area (Å²) in [5.74, 6) is 0.783. The van der Waals surface area contributed by atoms with Gasteiger partial charge in [0.1, 0.15) is 21.1 Å². The maximum atomic E-state index is 11.5. The minimum absolute atomic E-state index is 0.263. The second-order valence-electron chi connectivity index (χ2n) is 3.72. The third-order valence-electron chi connectivity index (χ3n) is 2.50. The lowest BCUT2D eigenvalue weighted by atomic mass is 10.2. The number of carbonyl (C=O) groups excluding carboxylic acids is 1. The van der Waals surface area contributed by atoms with E-state index >= 15 is 0 Å². The van der Waals surface area contributed by atoms with Crippen LogP contribution in [0.4, 0.5) is 0 Å². The van der Waals surface area contributed by atoms with Gasteiger partial charge in [0.25, 0.3) is 5.91 Å². The molecule has 1 heterocycles. The number of halogens is 2. The van der Waals surface area contributed by atoms with Crippen LogP contribution in [-0.4, -0.2) is 37.2 Å². The van der Waals surface area contributed by atoms with Crippen LogP contribution in [-0.2, 0) is 0 Å². The van der Waals surface area contributed by atoms with Gasteiger partial charge in [-0.3, -0.25) is 10.2 Å². The summed E-state index contributed by atoms with van der Waals surface area (Å²) in [7, 11) is 0. The third kappa shape index (κ3) is 2.27. The molecular formula is C10H6Cl2N4O5. The van der Waals surface area contributed by atoms with Crippen LogP contribution >= 0.6 is 23.2 Å². The molecule has 2 rings (SSSR count). The molecular weight excluding hydrogens is 327 g/mol. The lowest BCUT2D eigenvalue weighted by molar-refractivity contribution is 0.0684. The Labute approximate surface area is 125 Å². The largest absolute Gasteiger partial charge is 0.503 e. The summed E-state index contributed by atoms with van der Waals surface area (Å²) >= 11 is 11.5. The molecule has 0 atom stereocenters. The molecule has 1 aromatic carbocycles. The summed E-state index contributed by atoms with van der Waals surface area (Å²) in [5.41, 5.74) is -0.210. The Hall–Kier alpha value is -2.36. The number of benzene rings is 1. The maximum Gasteiger partial charge on any atom is 0.357 e. The van der Waals surface area contributed by atoms with Crippen LogP contribution < -0.4 is 11.3 Å².